The van der Waals surface area contributed by atoms with E-state index in [0.717, 1.165) is 31.1 Å². The first-order valence-electron chi connectivity index (χ1n) is 13.5. The van der Waals surface area contributed by atoms with Crippen molar-refractivity contribution < 1.29 is 9.90 Å². The number of rotatable bonds is 0. The molecule has 0 aliphatic heterocycles. The van der Waals surface area contributed by atoms with Gasteiger partial charge < -0.3 is 5.11 Å². The van der Waals surface area contributed by atoms with Crippen LogP contribution in [0.15, 0.2) is 0 Å². The molecule has 5 aliphatic carbocycles. The van der Waals surface area contributed by atoms with E-state index in [4.69, 9.17) is 0 Å². The normalized spacial score (nSPS) is 58.5. The van der Waals surface area contributed by atoms with Gasteiger partial charge in [0.05, 0.1) is 6.10 Å². The van der Waals surface area contributed by atoms with Crippen LogP contribution in [0.3, 0.4) is 0 Å². The number of fused-ring (bicyclic) bond motifs is 7. The van der Waals surface area contributed by atoms with Gasteiger partial charge in [0.1, 0.15) is 5.78 Å². The minimum absolute atomic E-state index is 0.107. The van der Waals surface area contributed by atoms with Crippen molar-refractivity contribution >= 4 is 5.78 Å². The maximum Gasteiger partial charge on any atom is 0.138 e. The van der Waals surface area contributed by atoms with Gasteiger partial charge >= 0.3 is 0 Å². The van der Waals surface area contributed by atoms with Gasteiger partial charge in [-0.15, -0.1) is 0 Å². The number of hydrogen-bond donors (Lipinski definition) is 1. The largest absolute Gasteiger partial charge is 0.393 e. The molecular weight excluding hydrogens is 380 g/mol. The molecule has 0 spiro atoms. The third kappa shape index (κ3) is 2.64. The molecule has 2 heteroatoms. The minimum atomic E-state index is -0.154. The summed E-state index contributed by atoms with van der Waals surface area (Å²) in [6, 6.07) is 0. The molecule has 0 unspecified atom stereocenters. The molecule has 0 heterocycles. The average Bonchev–Trinajstić information content (AvgIpc) is 2.69. The first kappa shape index (κ1) is 22.4. The van der Waals surface area contributed by atoms with Crippen LogP contribution in [0.5, 0.6) is 0 Å². The maximum atomic E-state index is 12.9. The Morgan fingerprint density at radius 3 is 2.19 bits per heavy atom. The third-order valence-electron chi connectivity index (χ3n) is 13.3. The van der Waals surface area contributed by atoms with E-state index in [0.29, 0.717) is 45.2 Å². The SMILES string of the molecule is C[C@@H]1[C@@H]2[C@@H]3CC[C@@H]4[C@@]5(C)CCC(=O)C(C)(C)[C@@H]5CC[C@@]4(C)[C@]3(C)CC[C@@]2(C)CC[C@H]1O. The van der Waals surface area contributed by atoms with Crippen molar-refractivity contribution in [3.63, 3.8) is 0 Å². The van der Waals surface area contributed by atoms with Crippen LogP contribution in [0.2, 0.25) is 0 Å². The number of aliphatic hydroxyl groups is 1. The molecule has 5 fully saturated rings. The molecule has 5 aliphatic rings. The van der Waals surface area contributed by atoms with Gasteiger partial charge in [-0.1, -0.05) is 48.5 Å². The second kappa shape index (κ2) is 6.61. The van der Waals surface area contributed by atoms with Crippen LogP contribution in [0.25, 0.3) is 0 Å². The summed E-state index contributed by atoms with van der Waals surface area (Å²) in [4.78, 5) is 12.9. The molecule has 2 nitrogen and oxygen atoms in total. The van der Waals surface area contributed by atoms with Gasteiger partial charge in [-0.3, -0.25) is 4.79 Å². The van der Waals surface area contributed by atoms with E-state index in [1.807, 2.05) is 0 Å². The van der Waals surface area contributed by atoms with E-state index in [-0.39, 0.29) is 11.5 Å². The van der Waals surface area contributed by atoms with Crippen LogP contribution < -0.4 is 0 Å². The second-order valence-corrected chi connectivity index (χ2v) is 14.5. The fraction of sp³-hybridized carbons (Fsp3) is 0.966. The standard InChI is InChI=1S/C29H48O2/c1-18-20(30)10-13-26(4)16-17-28(6)19(24(18)26)8-9-22-27(5)14-12-23(31)25(2,3)21(27)11-15-29(22,28)7/h18-22,24,30H,8-17H2,1-7H3/t18-,19-,20+,21-,22+,24+,26+,27-,28+,29+/m0/s1. The van der Waals surface area contributed by atoms with Crippen molar-refractivity contribution in [2.45, 2.75) is 119 Å². The highest BCUT2D eigenvalue weighted by Gasteiger charge is 2.69. The van der Waals surface area contributed by atoms with E-state index >= 15 is 0 Å². The summed E-state index contributed by atoms with van der Waals surface area (Å²) in [5, 5.41) is 10.8. The Morgan fingerprint density at radius 2 is 1.48 bits per heavy atom. The molecule has 0 amide bonds. The third-order valence-corrected chi connectivity index (χ3v) is 13.3. The molecule has 1 N–H and O–H groups in total. The van der Waals surface area contributed by atoms with E-state index < -0.39 is 0 Å². The van der Waals surface area contributed by atoms with Crippen LogP contribution in [0.4, 0.5) is 0 Å². The highest BCUT2D eigenvalue weighted by molar-refractivity contribution is 5.85. The molecule has 0 aromatic rings. The van der Waals surface area contributed by atoms with Crippen molar-refractivity contribution in [3.8, 4) is 0 Å². The molecule has 5 rings (SSSR count). The highest BCUT2D eigenvalue weighted by Crippen LogP contribution is 2.76. The maximum absolute atomic E-state index is 12.9. The van der Waals surface area contributed by atoms with Crippen molar-refractivity contribution in [1.29, 1.82) is 0 Å². The zero-order valence-electron chi connectivity index (χ0n) is 21.4. The first-order chi connectivity index (χ1) is 14.3. The zero-order valence-corrected chi connectivity index (χ0v) is 21.4. The van der Waals surface area contributed by atoms with Crippen LogP contribution in [0, 0.1) is 56.7 Å². The van der Waals surface area contributed by atoms with E-state index in [9.17, 15) is 9.90 Å². The number of carbonyl (C=O) groups excluding carboxylic acids is 1. The highest BCUT2D eigenvalue weighted by atomic mass is 16.3. The molecular formula is C29H48O2. The quantitative estimate of drug-likeness (QED) is 0.449. The Hall–Kier alpha value is -0.370. The van der Waals surface area contributed by atoms with Gasteiger partial charge in [0.25, 0.3) is 0 Å². The summed E-state index contributed by atoms with van der Waals surface area (Å²) in [6.07, 6.45) is 11.9. The second-order valence-electron chi connectivity index (χ2n) is 14.5. The Kier molecular flexibility index (Phi) is 4.78. The molecule has 0 saturated heterocycles. The van der Waals surface area contributed by atoms with Crippen LogP contribution in [-0.4, -0.2) is 17.0 Å². The van der Waals surface area contributed by atoms with Gasteiger partial charge in [-0.2, -0.15) is 0 Å². The Labute approximate surface area is 191 Å². The summed E-state index contributed by atoms with van der Waals surface area (Å²) in [6.45, 7) is 17.3. The molecule has 5 saturated carbocycles. The lowest BCUT2D eigenvalue weighted by molar-refractivity contribution is -0.247. The molecule has 10 atom stereocenters. The Balaban J connectivity index is 1.54. The molecule has 0 bridgehead atoms. The van der Waals surface area contributed by atoms with E-state index in [2.05, 4.69) is 48.5 Å². The zero-order chi connectivity index (χ0) is 22.6. The van der Waals surface area contributed by atoms with E-state index in [1.165, 1.54) is 44.9 Å². The molecule has 31 heavy (non-hydrogen) atoms. The molecule has 0 aromatic heterocycles. The molecule has 176 valence electrons. The van der Waals surface area contributed by atoms with Crippen molar-refractivity contribution in [3.05, 3.63) is 0 Å². The van der Waals surface area contributed by atoms with Crippen molar-refractivity contribution in [2.75, 3.05) is 0 Å². The Bertz CT molecular complexity index is 771. The number of ketones is 1. The summed E-state index contributed by atoms with van der Waals surface area (Å²) in [7, 11) is 0. The van der Waals surface area contributed by atoms with Crippen LogP contribution in [0.1, 0.15) is 113 Å². The van der Waals surface area contributed by atoms with Crippen LogP contribution in [-0.2, 0) is 4.79 Å². The first-order valence-corrected chi connectivity index (χ1v) is 13.5. The minimum Gasteiger partial charge on any atom is -0.393 e. The predicted octanol–water partition coefficient (Wildman–Crippen LogP) is 7.04. The fourth-order valence-corrected chi connectivity index (χ4v) is 11.3. The topological polar surface area (TPSA) is 37.3 Å². The van der Waals surface area contributed by atoms with Crippen LogP contribution >= 0.6 is 0 Å². The van der Waals surface area contributed by atoms with Gasteiger partial charge in [0, 0.05) is 11.8 Å². The smallest absolute Gasteiger partial charge is 0.138 e. The lowest BCUT2D eigenvalue weighted by atomic mass is 9.31. The van der Waals surface area contributed by atoms with Gasteiger partial charge in [0.2, 0.25) is 0 Å². The summed E-state index contributed by atoms with van der Waals surface area (Å²) in [5.74, 6) is 3.64. The summed E-state index contributed by atoms with van der Waals surface area (Å²) >= 11 is 0. The van der Waals surface area contributed by atoms with Gasteiger partial charge in [-0.25, -0.2) is 0 Å². The summed E-state index contributed by atoms with van der Waals surface area (Å²) < 4.78 is 0. The van der Waals surface area contributed by atoms with Crippen molar-refractivity contribution in [1.82, 2.24) is 0 Å². The molecule has 0 radical (unpaired) electrons. The van der Waals surface area contributed by atoms with E-state index in [1.54, 1.807) is 0 Å². The van der Waals surface area contributed by atoms with Gasteiger partial charge in [0.15, 0.2) is 0 Å². The Morgan fingerprint density at radius 1 is 0.774 bits per heavy atom. The van der Waals surface area contributed by atoms with Gasteiger partial charge in [-0.05, 0) is 109 Å². The fourth-order valence-electron chi connectivity index (χ4n) is 11.3. The summed E-state index contributed by atoms with van der Waals surface area (Å²) in [5.41, 5.74) is 1.30. The molecule has 0 aromatic carbocycles. The number of aliphatic hydroxyl groups excluding tert-OH is 1. The number of Topliss-reactive ketones (excluding diaryl/α,β-unsaturated/α-hetero) is 1. The predicted molar refractivity (Wildman–Crippen MR) is 127 cm³/mol. The number of carbonyl (C=O) groups is 1. The average molecular weight is 429 g/mol. The van der Waals surface area contributed by atoms with Crippen molar-refractivity contribution in [2.24, 2.45) is 56.7 Å². The monoisotopic (exact) mass is 428 g/mol. The lowest BCUT2D eigenvalue weighted by Crippen LogP contribution is -2.67. The lowest BCUT2D eigenvalue weighted by Gasteiger charge is -2.73. The number of hydrogen-bond acceptors (Lipinski definition) is 2.